The quantitative estimate of drug-likeness (QED) is 0.769. The van der Waals surface area contributed by atoms with Crippen molar-refractivity contribution in [3.8, 4) is 0 Å². The summed E-state index contributed by atoms with van der Waals surface area (Å²) in [6.45, 7) is 23.9. The summed E-state index contributed by atoms with van der Waals surface area (Å²) in [5.41, 5.74) is -0.0490. The lowest BCUT2D eigenvalue weighted by Gasteiger charge is -2.49. The molecule has 0 aromatic heterocycles. The van der Waals surface area contributed by atoms with Gasteiger partial charge in [-0.3, -0.25) is 19.5 Å². The van der Waals surface area contributed by atoms with Crippen molar-refractivity contribution in [2.45, 2.75) is 72.9 Å². The molecule has 2 fully saturated rings. The maximum atomic E-state index is 13.3. The number of piperazine rings is 1. The fourth-order valence-electron chi connectivity index (χ4n) is 4.66. The molecule has 2 saturated heterocycles. The van der Waals surface area contributed by atoms with Gasteiger partial charge in [0.25, 0.3) is 0 Å². The smallest absolute Gasteiger partial charge is 0.227 e. The van der Waals surface area contributed by atoms with Crippen molar-refractivity contribution >= 4 is 5.91 Å². The molecule has 0 aromatic rings. The van der Waals surface area contributed by atoms with E-state index in [2.05, 4.69) is 68.5 Å². The van der Waals surface area contributed by atoms with E-state index in [4.69, 9.17) is 0 Å². The highest BCUT2D eigenvalue weighted by Crippen LogP contribution is 2.36. The first-order chi connectivity index (χ1) is 12.6. The van der Waals surface area contributed by atoms with Crippen LogP contribution in [0.2, 0.25) is 0 Å². The molecule has 2 rings (SSSR count). The van der Waals surface area contributed by atoms with Gasteiger partial charge in [-0.05, 0) is 66.1 Å². The molecule has 0 aliphatic carbocycles. The zero-order valence-corrected chi connectivity index (χ0v) is 19.0. The monoisotopic (exact) mass is 380 g/mol. The van der Waals surface area contributed by atoms with Gasteiger partial charge in [0.1, 0.15) is 0 Å². The normalized spacial score (nSPS) is 25.7. The largest absolute Gasteiger partial charge is 0.355 e. The van der Waals surface area contributed by atoms with Gasteiger partial charge in [0, 0.05) is 44.3 Å². The van der Waals surface area contributed by atoms with Crippen LogP contribution in [-0.4, -0.2) is 84.5 Å². The maximum Gasteiger partial charge on any atom is 0.227 e. The highest BCUT2D eigenvalue weighted by molar-refractivity contribution is 5.83. The van der Waals surface area contributed by atoms with Gasteiger partial charge in [-0.15, -0.1) is 0 Å². The molecule has 0 bridgehead atoms. The molecule has 2 aliphatic rings. The summed E-state index contributed by atoms with van der Waals surface area (Å²) in [7, 11) is 0. The second-order valence-corrected chi connectivity index (χ2v) is 10.3. The van der Waals surface area contributed by atoms with E-state index in [-0.39, 0.29) is 16.9 Å². The van der Waals surface area contributed by atoms with Gasteiger partial charge < -0.3 is 5.32 Å². The molecule has 0 radical (unpaired) electrons. The molecule has 0 spiro atoms. The fourth-order valence-corrected chi connectivity index (χ4v) is 4.66. The summed E-state index contributed by atoms with van der Waals surface area (Å²) in [5.74, 6) is 0.782. The summed E-state index contributed by atoms with van der Waals surface area (Å²) in [6, 6.07) is 0.578. The Balaban J connectivity index is 2.08. The molecule has 0 saturated carbocycles. The van der Waals surface area contributed by atoms with Crippen molar-refractivity contribution in [1.29, 1.82) is 0 Å². The number of carbonyl (C=O) groups excluding carboxylic acids is 1. The SMILES string of the molecule is CCN1CCN(CC2(C(=O)NCC(C)C)CCN(C(C)(C)C)CC2)CC1C. The average molecular weight is 381 g/mol. The van der Waals surface area contributed by atoms with Gasteiger partial charge in [-0.25, -0.2) is 0 Å². The Kier molecular flexibility index (Phi) is 7.74. The maximum absolute atomic E-state index is 13.3. The van der Waals surface area contributed by atoms with Gasteiger partial charge in [-0.1, -0.05) is 20.8 Å². The minimum Gasteiger partial charge on any atom is -0.355 e. The molecule has 0 aromatic carbocycles. The second-order valence-electron chi connectivity index (χ2n) is 10.3. The number of amides is 1. The van der Waals surface area contributed by atoms with Crippen molar-refractivity contribution in [3.05, 3.63) is 0 Å². The van der Waals surface area contributed by atoms with E-state index >= 15 is 0 Å². The highest BCUT2D eigenvalue weighted by Gasteiger charge is 2.44. The summed E-state index contributed by atoms with van der Waals surface area (Å²) < 4.78 is 0. The van der Waals surface area contributed by atoms with Crippen LogP contribution in [0.15, 0.2) is 0 Å². The number of carbonyl (C=O) groups is 1. The van der Waals surface area contributed by atoms with Crippen LogP contribution in [0.4, 0.5) is 0 Å². The van der Waals surface area contributed by atoms with Crippen molar-refractivity contribution in [2.24, 2.45) is 11.3 Å². The van der Waals surface area contributed by atoms with E-state index in [9.17, 15) is 4.79 Å². The van der Waals surface area contributed by atoms with Gasteiger partial charge in [0.15, 0.2) is 0 Å². The minimum atomic E-state index is -0.231. The Morgan fingerprint density at radius 1 is 1.15 bits per heavy atom. The van der Waals surface area contributed by atoms with E-state index in [0.29, 0.717) is 12.0 Å². The summed E-state index contributed by atoms with van der Waals surface area (Å²) in [4.78, 5) is 20.9. The molecule has 5 nitrogen and oxygen atoms in total. The highest BCUT2D eigenvalue weighted by atomic mass is 16.2. The third-order valence-corrected chi connectivity index (χ3v) is 6.60. The minimum absolute atomic E-state index is 0.182. The lowest BCUT2D eigenvalue weighted by Crippen LogP contribution is -2.60. The van der Waals surface area contributed by atoms with Crippen LogP contribution in [0.25, 0.3) is 0 Å². The van der Waals surface area contributed by atoms with E-state index in [1.165, 1.54) is 0 Å². The third-order valence-electron chi connectivity index (χ3n) is 6.60. The zero-order valence-electron chi connectivity index (χ0n) is 19.0. The van der Waals surface area contributed by atoms with Crippen molar-refractivity contribution in [3.63, 3.8) is 0 Å². The predicted octanol–water partition coefficient (Wildman–Crippen LogP) is 2.67. The summed E-state index contributed by atoms with van der Waals surface area (Å²) >= 11 is 0. The van der Waals surface area contributed by atoms with E-state index in [1.807, 2.05) is 0 Å². The number of rotatable bonds is 6. The molecule has 1 amide bonds. The molecule has 1 unspecified atom stereocenters. The standard InChI is InChI=1S/C22H44N4O/c1-8-25-14-13-24(16-19(25)4)17-22(20(27)23-15-18(2)3)9-11-26(12-10-22)21(5,6)7/h18-19H,8-17H2,1-7H3,(H,23,27). The van der Waals surface area contributed by atoms with Crippen LogP contribution in [0.5, 0.6) is 0 Å². The first-order valence-corrected chi connectivity index (χ1v) is 11.1. The Labute approximate surface area is 167 Å². The number of likely N-dealkylation sites (tertiary alicyclic amines) is 1. The Morgan fingerprint density at radius 3 is 2.26 bits per heavy atom. The van der Waals surface area contributed by atoms with Crippen LogP contribution in [0.3, 0.4) is 0 Å². The van der Waals surface area contributed by atoms with Crippen molar-refractivity contribution < 1.29 is 4.79 Å². The molecular formula is C22H44N4O. The van der Waals surface area contributed by atoms with Crippen LogP contribution >= 0.6 is 0 Å². The van der Waals surface area contributed by atoms with E-state index < -0.39 is 0 Å². The number of piperidine rings is 1. The molecule has 158 valence electrons. The third kappa shape index (κ3) is 5.91. The Morgan fingerprint density at radius 2 is 1.78 bits per heavy atom. The molecule has 1 atom stereocenters. The number of nitrogens with zero attached hydrogens (tertiary/aromatic N) is 3. The predicted molar refractivity (Wildman–Crippen MR) is 114 cm³/mol. The molecular weight excluding hydrogens is 336 g/mol. The lowest BCUT2D eigenvalue weighted by molar-refractivity contribution is -0.137. The topological polar surface area (TPSA) is 38.8 Å². The molecule has 27 heavy (non-hydrogen) atoms. The number of likely N-dealkylation sites (N-methyl/N-ethyl adjacent to an activating group) is 1. The van der Waals surface area contributed by atoms with Crippen LogP contribution in [0, 0.1) is 11.3 Å². The first kappa shape index (κ1) is 22.6. The van der Waals surface area contributed by atoms with E-state index in [0.717, 1.165) is 65.2 Å². The Hall–Kier alpha value is -0.650. The zero-order chi connectivity index (χ0) is 20.2. The van der Waals surface area contributed by atoms with Crippen LogP contribution in [-0.2, 0) is 4.79 Å². The fraction of sp³-hybridized carbons (Fsp3) is 0.955. The molecule has 2 heterocycles. The summed E-state index contributed by atoms with van der Waals surface area (Å²) in [6.07, 6.45) is 1.94. The van der Waals surface area contributed by atoms with Gasteiger partial charge in [-0.2, -0.15) is 0 Å². The van der Waals surface area contributed by atoms with Gasteiger partial charge in [0.05, 0.1) is 5.41 Å². The number of hydrogen-bond acceptors (Lipinski definition) is 4. The lowest BCUT2D eigenvalue weighted by atomic mass is 9.75. The molecule has 5 heteroatoms. The molecule has 1 N–H and O–H groups in total. The first-order valence-electron chi connectivity index (χ1n) is 11.1. The Bertz CT molecular complexity index is 477. The van der Waals surface area contributed by atoms with Crippen molar-refractivity contribution in [1.82, 2.24) is 20.0 Å². The van der Waals surface area contributed by atoms with Crippen LogP contribution in [0.1, 0.15) is 61.3 Å². The van der Waals surface area contributed by atoms with Gasteiger partial charge in [0.2, 0.25) is 5.91 Å². The van der Waals surface area contributed by atoms with E-state index in [1.54, 1.807) is 0 Å². The van der Waals surface area contributed by atoms with Crippen LogP contribution < -0.4 is 5.32 Å². The second kappa shape index (κ2) is 9.23. The van der Waals surface area contributed by atoms with Gasteiger partial charge >= 0.3 is 0 Å². The molecule has 2 aliphatic heterocycles. The number of hydrogen-bond donors (Lipinski definition) is 1. The average Bonchev–Trinajstić information content (AvgIpc) is 2.59. The summed E-state index contributed by atoms with van der Waals surface area (Å²) in [5, 5.41) is 3.27. The number of nitrogens with one attached hydrogen (secondary N) is 1. The van der Waals surface area contributed by atoms with Crippen molar-refractivity contribution in [2.75, 3.05) is 52.4 Å².